The van der Waals surface area contributed by atoms with Crippen LogP contribution in [0.4, 0.5) is 0 Å². The summed E-state index contributed by atoms with van der Waals surface area (Å²) in [6.07, 6.45) is 7.86. The van der Waals surface area contributed by atoms with Crippen LogP contribution in [0.15, 0.2) is 40.9 Å². The van der Waals surface area contributed by atoms with E-state index in [0.717, 1.165) is 5.56 Å². The van der Waals surface area contributed by atoms with Gasteiger partial charge in [0.25, 0.3) is 0 Å². The Morgan fingerprint density at radius 2 is 1.96 bits per heavy atom. The summed E-state index contributed by atoms with van der Waals surface area (Å²) in [6.45, 7) is 0.148. The minimum atomic E-state index is -0.534. The van der Waals surface area contributed by atoms with Crippen LogP contribution in [0.5, 0.6) is 5.75 Å². The number of halogens is 4. The lowest BCUT2D eigenvalue weighted by Crippen LogP contribution is -2.00. The van der Waals surface area contributed by atoms with Gasteiger partial charge in [-0.3, -0.25) is 0 Å². The lowest BCUT2D eigenvalue weighted by atomic mass is 10.2. The summed E-state index contributed by atoms with van der Waals surface area (Å²) in [4.78, 5) is 11.4. The van der Waals surface area contributed by atoms with Crippen molar-refractivity contribution < 1.29 is 14.3 Å². The zero-order chi connectivity index (χ0) is 19.1. The molecule has 0 amide bonds. The molecule has 0 fully saturated rings. The third-order valence-electron chi connectivity index (χ3n) is 3.12. The summed E-state index contributed by atoms with van der Waals surface area (Å²) in [5, 5.41) is 1.44. The van der Waals surface area contributed by atoms with E-state index in [1.165, 1.54) is 6.08 Å². The highest BCUT2D eigenvalue weighted by Crippen LogP contribution is 2.36. The monoisotopic (exact) mass is 472 g/mol. The van der Waals surface area contributed by atoms with Gasteiger partial charge in [0, 0.05) is 21.7 Å². The van der Waals surface area contributed by atoms with Crippen molar-refractivity contribution in [3.63, 3.8) is 0 Å². The first-order valence-electron chi connectivity index (χ1n) is 7.24. The fraction of sp³-hybridized carbons (Fsp3) is 0.105. The third-order valence-corrected chi connectivity index (χ3v) is 4.57. The molecule has 0 aliphatic rings. The van der Waals surface area contributed by atoms with Crippen LogP contribution in [0.3, 0.4) is 0 Å². The normalized spacial score (nSPS) is 10.6. The van der Waals surface area contributed by atoms with Gasteiger partial charge in [-0.05, 0) is 51.8 Å². The highest BCUT2D eigenvalue weighted by molar-refractivity contribution is 9.10. The predicted molar refractivity (Wildman–Crippen MR) is 109 cm³/mol. The van der Waals surface area contributed by atoms with Gasteiger partial charge in [-0.1, -0.05) is 46.8 Å². The lowest BCUT2D eigenvalue weighted by molar-refractivity contribution is -0.136. The van der Waals surface area contributed by atoms with Crippen molar-refractivity contribution in [2.24, 2.45) is 0 Å². The van der Waals surface area contributed by atoms with Crippen LogP contribution in [0.1, 0.15) is 11.1 Å². The summed E-state index contributed by atoms with van der Waals surface area (Å²) >= 11 is 21.7. The van der Waals surface area contributed by atoms with Crippen molar-refractivity contribution >= 4 is 62.8 Å². The molecule has 0 heterocycles. The molecule has 0 saturated heterocycles. The van der Waals surface area contributed by atoms with Crippen molar-refractivity contribution in [3.8, 4) is 18.1 Å². The fourth-order valence-electron chi connectivity index (χ4n) is 1.93. The lowest BCUT2D eigenvalue weighted by Gasteiger charge is -2.12. The molecule has 0 unspecified atom stereocenters. The molecule has 0 spiro atoms. The van der Waals surface area contributed by atoms with Gasteiger partial charge in [0.2, 0.25) is 0 Å². The standard InChI is InChI=1S/C19H12BrCl3O3/c1-2-7-25-18(24)6-3-12-8-15(20)19(17(23)9-12)26-11-13-4-5-14(21)10-16(13)22/h1,3-6,8-10H,7,11H2. The van der Waals surface area contributed by atoms with Crippen molar-refractivity contribution in [3.05, 3.63) is 67.1 Å². The minimum Gasteiger partial charge on any atom is -0.486 e. The third kappa shape index (κ3) is 5.96. The van der Waals surface area contributed by atoms with Crippen LogP contribution in [-0.4, -0.2) is 12.6 Å². The maximum atomic E-state index is 11.4. The molecule has 0 N–H and O–H groups in total. The van der Waals surface area contributed by atoms with Crippen LogP contribution >= 0.6 is 50.7 Å². The highest BCUT2D eigenvalue weighted by Gasteiger charge is 2.10. The Kier molecular flexibility index (Phi) is 7.86. The topological polar surface area (TPSA) is 35.5 Å². The molecule has 0 radical (unpaired) electrons. The maximum absolute atomic E-state index is 11.4. The Labute approximate surface area is 175 Å². The van der Waals surface area contributed by atoms with E-state index in [9.17, 15) is 4.79 Å². The Hall–Kier alpha value is -1.64. The maximum Gasteiger partial charge on any atom is 0.331 e. The number of carbonyl (C=O) groups excluding carboxylic acids is 1. The predicted octanol–water partition coefficient (Wildman–Crippen LogP) is 6.18. The molecule has 0 aliphatic carbocycles. The molecule has 7 heteroatoms. The van der Waals surface area contributed by atoms with Crippen LogP contribution < -0.4 is 4.74 Å². The molecule has 2 rings (SSSR count). The summed E-state index contributed by atoms with van der Waals surface area (Å²) in [6, 6.07) is 8.58. The second-order valence-corrected chi connectivity index (χ2v) is 7.09. The number of terminal acetylenes is 1. The number of esters is 1. The molecular formula is C19H12BrCl3O3. The molecule has 0 aromatic heterocycles. The van der Waals surface area contributed by atoms with E-state index in [2.05, 4.69) is 21.9 Å². The summed E-state index contributed by atoms with van der Waals surface area (Å²) in [7, 11) is 0. The number of hydrogen-bond donors (Lipinski definition) is 0. The van der Waals surface area contributed by atoms with E-state index < -0.39 is 5.97 Å². The molecular weight excluding hydrogens is 462 g/mol. The van der Waals surface area contributed by atoms with Crippen LogP contribution in [0.25, 0.3) is 6.08 Å². The van der Waals surface area contributed by atoms with Crippen molar-refractivity contribution in [2.75, 3.05) is 6.61 Å². The van der Waals surface area contributed by atoms with Gasteiger partial charge in [0.15, 0.2) is 12.4 Å². The quantitative estimate of drug-likeness (QED) is 0.285. The molecule has 0 bridgehead atoms. The Balaban J connectivity index is 2.10. The molecule has 26 heavy (non-hydrogen) atoms. The van der Waals surface area contributed by atoms with Crippen LogP contribution in [0.2, 0.25) is 15.1 Å². The summed E-state index contributed by atoms with van der Waals surface area (Å²) < 4.78 is 11.1. The molecule has 0 atom stereocenters. The molecule has 0 aliphatic heterocycles. The molecule has 134 valence electrons. The first kappa shape index (κ1) is 20.7. The highest BCUT2D eigenvalue weighted by atomic mass is 79.9. The minimum absolute atomic E-state index is 0.0757. The van der Waals surface area contributed by atoms with Crippen molar-refractivity contribution in [1.29, 1.82) is 0 Å². The van der Waals surface area contributed by atoms with Crippen molar-refractivity contribution in [2.45, 2.75) is 6.61 Å². The SMILES string of the molecule is C#CCOC(=O)C=Cc1cc(Cl)c(OCc2ccc(Cl)cc2Cl)c(Br)c1. The van der Waals surface area contributed by atoms with Gasteiger partial charge in [0.1, 0.15) is 6.61 Å². The Morgan fingerprint density at radius 1 is 1.19 bits per heavy atom. The van der Waals surface area contributed by atoms with Gasteiger partial charge >= 0.3 is 5.97 Å². The van der Waals surface area contributed by atoms with E-state index >= 15 is 0 Å². The van der Waals surface area contributed by atoms with Crippen LogP contribution in [-0.2, 0) is 16.1 Å². The first-order valence-corrected chi connectivity index (χ1v) is 9.17. The average molecular weight is 475 g/mol. The van der Waals surface area contributed by atoms with Gasteiger partial charge in [-0.2, -0.15) is 0 Å². The van der Waals surface area contributed by atoms with Crippen LogP contribution in [0, 0.1) is 12.3 Å². The average Bonchev–Trinajstić information content (AvgIpc) is 2.59. The smallest absolute Gasteiger partial charge is 0.331 e. The van der Waals surface area contributed by atoms with E-state index in [4.69, 9.17) is 50.7 Å². The van der Waals surface area contributed by atoms with Gasteiger partial charge in [-0.15, -0.1) is 6.42 Å². The molecule has 2 aromatic carbocycles. The fourth-order valence-corrected chi connectivity index (χ4v) is 3.38. The number of rotatable bonds is 6. The van der Waals surface area contributed by atoms with E-state index in [-0.39, 0.29) is 13.2 Å². The Bertz CT molecular complexity index is 865. The van der Waals surface area contributed by atoms with E-state index in [1.54, 1.807) is 36.4 Å². The van der Waals surface area contributed by atoms with Gasteiger partial charge in [0.05, 0.1) is 9.50 Å². The second-order valence-electron chi connectivity index (χ2n) is 4.98. The van der Waals surface area contributed by atoms with Gasteiger partial charge < -0.3 is 9.47 Å². The van der Waals surface area contributed by atoms with Crippen molar-refractivity contribution in [1.82, 2.24) is 0 Å². The number of carbonyl (C=O) groups is 1. The number of hydrogen-bond acceptors (Lipinski definition) is 3. The summed E-state index contributed by atoms with van der Waals surface area (Å²) in [5.74, 6) is 2.15. The molecule has 0 saturated carbocycles. The molecule has 2 aromatic rings. The second kappa shape index (κ2) is 9.89. The molecule has 3 nitrogen and oxygen atoms in total. The van der Waals surface area contributed by atoms with E-state index in [0.29, 0.717) is 30.9 Å². The number of benzene rings is 2. The van der Waals surface area contributed by atoms with Gasteiger partial charge in [-0.25, -0.2) is 4.79 Å². The zero-order valence-corrected chi connectivity index (χ0v) is 17.1. The largest absolute Gasteiger partial charge is 0.486 e. The number of ether oxygens (including phenoxy) is 2. The first-order chi connectivity index (χ1) is 12.4. The summed E-state index contributed by atoms with van der Waals surface area (Å²) in [5.41, 5.74) is 1.47. The van der Waals surface area contributed by atoms with E-state index in [1.807, 2.05) is 0 Å². The zero-order valence-electron chi connectivity index (χ0n) is 13.3. The Morgan fingerprint density at radius 3 is 2.62 bits per heavy atom.